The van der Waals surface area contributed by atoms with Crippen molar-refractivity contribution in [3.63, 3.8) is 0 Å². The highest BCUT2D eigenvalue weighted by Gasteiger charge is 2.63. The van der Waals surface area contributed by atoms with Crippen LogP contribution in [-0.2, 0) is 27.3 Å². The largest absolute Gasteiger partial charge is 0.510 e. The number of ether oxygens (including phenoxy) is 1. The number of nitrogens with one attached hydrogen (secondary N) is 1. The number of ketones is 2. The Labute approximate surface area is 262 Å². The Balaban J connectivity index is 1.59. The molecule has 1 aromatic heterocycles. The molecule has 0 saturated heterocycles. The van der Waals surface area contributed by atoms with E-state index in [0.29, 0.717) is 21.9 Å². The van der Waals surface area contributed by atoms with Crippen molar-refractivity contribution in [2.75, 3.05) is 45.0 Å². The maximum atomic E-state index is 14.2. The summed E-state index contributed by atoms with van der Waals surface area (Å²) in [4.78, 5) is 59.4. The number of hydrogen-bond acceptors (Lipinski definition) is 14. The van der Waals surface area contributed by atoms with Gasteiger partial charge >= 0.3 is 5.97 Å². The Kier molecular flexibility index (Phi) is 8.14. The Morgan fingerprint density at radius 2 is 1.89 bits per heavy atom. The fraction of sp³-hybridized carbons (Fsp3) is 0.433. The zero-order valence-corrected chi connectivity index (χ0v) is 26.2. The number of aromatic nitrogens is 1. The Morgan fingerprint density at radius 3 is 2.49 bits per heavy atom. The second-order valence-electron chi connectivity index (χ2n) is 11.7. The number of nitrogens with two attached hydrogens (primary N) is 1. The second kappa shape index (κ2) is 11.5. The second-order valence-corrected chi connectivity index (χ2v) is 12.6. The van der Waals surface area contributed by atoms with Crippen LogP contribution in [0.4, 0.5) is 10.8 Å². The number of aromatic hydroxyl groups is 1. The van der Waals surface area contributed by atoms with Crippen LogP contribution < -0.4 is 16.0 Å². The molecular weight excluding hydrogens is 606 g/mol. The number of aliphatic hydroxyl groups is 3. The van der Waals surface area contributed by atoms with Gasteiger partial charge in [-0.05, 0) is 51.4 Å². The number of primary amides is 1. The molecule has 0 spiro atoms. The van der Waals surface area contributed by atoms with Gasteiger partial charge in [-0.25, -0.2) is 9.78 Å². The van der Waals surface area contributed by atoms with E-state index < -0.39 is 64.0 Å². The number of aliphatic hydroxyl groups excluding tert-OH is 2. The Hall–Kier alpha value is -4.47. The van der Waals surface area contributed by atoms with Crippen molar-refractivity contribution in [2.24, 2.45) is 17.6 Å². The number of nitrogens with zero attached hydrogens (tertiary/aromatic N) is 3. The minimum atomic E-state index is -2.72. The first-order chi connectivity index (χ1) is 21.1. The number of Topliss-reactive ketones (excluding diaryl/α,β-unsaturated/α-hetero) is 2. The molecule has 2 aromatic rings. The number of benzene rings is 1. The number of rotatable bonds is 8. The number of fused-ring (bicyclic) bond motifs is 3. The standard InChI is InChI=1S/C30H35N5O9S/c1-6-44-28(42)16-11-45-29(33-16)32-10-13-9-17(34(2)3)14-7-12-8-15-21(35(4)5)24(38)20(27(31)41)26(40)30(15,43)25(39)18(12)23(37)19(14)22(13)36/h9,11-12,15,21,36,38-39,43H,6-8,10H2,1-5H3,(H2,31,41)(H,32,33)/t12-,15-,21-,30-/m0/s1. The highest BCUT2D eigenvalue weighted by molar-refractivity contribution is 7.13. The molecule has 7 N–H and O–H groups in total. The minimum Gasteiger partial charge on any atom is -0.510 e. The molecule has 5 rings (SSSR count). The number of carbonyl (C=O) groups is 4. The van der Waals surface area contributed by atoms with Crippen molar-refractivity contribution in [2.45, 2.75) is 38.0 Å². The maximum absolute atomic E-state index is 14.2. The number of esters is 1. The van der Waals surface area contributed by atoms with Gasteiger partial charge in [0.05, 0.1) is 18.2 Å². The Morgan fingerprint density at radius 1 is 1.20 bits per heavy atom. The van der Waals surface area contributed by atoms with Crippen molar-refractivity contribution < 1.29 is 44.3 Å². The average molecular weight is 642 g/mol. The van der Waals surface area contributed by atoms with Gasteiger partial charge in [0.15, 0.2) is 22.2 Å². The zero-order chi connectivity index (χ0) is 33.1. The van der Waals surface area contributed by atoms with E-state index in [0.717, 1.165) is 11.3 Å². The summed E-state index contributed by atoms with van der Waals surface area (Å²) in [6.07, 6.45) is 0.161. The van der Waals surface area contributed by atoms with Crippen LogP contribution in [0.25, 0.3) is 0 Å². The summed E-state index contributed by atoms with van der Waals surface area (Å²) < 4.78 is 4.97. The van der Waals surface area contributed by atoms with Crippen LogP contribution >= 0.6 is 11.3 Å². The summed E-state index contributed by atoms with van der Waals surface area (Å²) in [5, 5.41) is 50.7. The predicted octanol–water partition coefficient (Wildman–Crippen LogP) is 1.43. The van der Waals surface area contributed by atoms with Crippen LogP contribution in [0.5, 0.6) is 5.75 Å². The van der Waals surface area contributed by atoms with Crippen LogP contribution in [0.15, 0.2) is 34.1 Å². The van der Waals surface area contributed by atoms with Crippen LogP contribution in [0.1, 0.15) is 45.3 Å². The number of likely N-dealkylation sites (N-methyl/N-ethyl adjacent to an activating group) is 1. The molecule has 4 atom stereocenters. The summed E-state index contributed by atoms with van der Waals surface area (Å²) in [5.41, 5.74) is 3.07. The van der Waals surface area contributed by atoms with Crippen LogP contribution in [0.2, 0.25) is 0 Å². The molecule has 0 fully saturated rings. The molecule has 3 aliphatic carbocycles. The van der Waals surface area contributed by atoms with Gasteiger partial charge < -0.3 is 41.1 Å². The van der Waals surface area contributed by atoms with Gasteiger partial charge in [0.2, 0.25) is 5.78 Å². The third-order valence-corrected chi connectivity index (χ3v) is 9.48. The first kappa shape index (κ1) is 31.9. The topological polar surface area (TPSA) is 216 Å². The molecule has 0 radical (unpaired) electrons. The third kappa shape index (κ3) is 4.91. The Bertz CT molecular complexity index is 1690. The number of hydrogen-bond donors (Lipinski definition) is 6. The molecule has 0 saturated carbocycles. The zero-order valence-electron chi connectivity index (χ0n) is 25.4. The van der Waals surface area contributed by atoms with Gasteiger partial charge in [0.25, 0.3) is 5.91 Å². The maximum Gasteiger partial charge on any atom is 0.357 e. The fourth-order valence-corrected chi connectivity index (χ4v) is 7.39. The number of phenols is 1. The highest BCUT2D eigenvalue weighted by atomic mass is 32.1. The highest BCUT2D eigenvalue weighted by Crippen LogP contribution is 2.53. The summed E-state index contributed by atoms with van der Waals surface area (Å²) in [6, 6.07) is 0.656. The van der Waals surface area contributed by atoms with E-state index in [9.17, 15) is 39.6 Å². The quantitative estimate of drug-likeness (QED) is 0.178. The number of carbonyl (C=O) groups excluding carboxylic acids is 4. The molecule has 3 aliphatic rings. The van der Waals surface area contributed by atoms with Crippen molar-refractivity contribution in [1.82, 2.24) is 9.88 Å². The van der Waals surface area contributed by atoms with Crippen molar-refractivity contribution >= 4 is 45.6 Å². The third-order valence-electron chi connectivity index (χ3n) is 8.68. The molecule has 45 heavy (non-hydrogen) atoms. The normalized spacial score (nSPS) is 24.3. The van der Waals surface area contributed by atoms with Gasteiger partial charge in [-0.3, -0.25) is 19.3 Å². The SMILES string of the molecule is CCOC(=O)c1csc(NCc2cc(N(C)C)c3c(c2O)C(=O)C2=C(O)[C@]4(O)C(=O)C(C(N)=O)=C(O)[C@@H](N(C)C)[C@@H]4C[C@@H]2C3)n1. The van der Waals surface area contributed by atoms with E-state index in [4.69, 9.17) is 10.5 Å². The molecule has 0 bridgehead atoms. The van der Waals surface area contributed by atoms with Gasteiger partial charge in [-0.1, -0.05) is 0 Å². The summed E-state index contributed by atoms with van der Waals surface area (Å²) in [6.45, 7) is 1.90. The van der Waals surface area contributed by atoms with E-state index in [2.05, 4.69) is 10.3 Å². The predicted molar refractivity (Wildman–Crippen MR) is 163 cm³/mol. The van der Waals surface area contributed by atoms with E-state index in [-0.39, 0.29) is 48.6 Å². The lowest BCUT2D eigenvalue weighted by Crippen LogP contribution is -2.63. The molecule has 1 heterocycles. The van der Waals surface area contributed by atoms with E-state index in [1.807, 2.05) is 0 Å². The smallest absolute Gasteiger partial charge is 0.357 e. The first-order valence-electron chi connectivity index (χ1n) is 14.2. The van der Waals surface area contributed by atoms with Gasteiger partial charge in [0, 0.05) is 48.8 Å². The van der Waals surface area contributed by atoms with Crippen LogP contribution in [-0.4, -0.2) is 100 Å². The van der Waals surface area contributed by atoms with Gasteiger partial charge in [-0.2, -0.15) is 0 Å². The first-order valence-corrected chi connectivity index (χ1v) is 15.1. The van der Waals surface area contributed by atoms with Crippen molar-refractivity contribution in [1.29, 1.82) is 0 Å². The molecule has 1 amide bonds. The van der Waals surface area contributed by atoms with E-state index in [1.165, 1.54) is 10.3 Å². The number of amides is 1. The lowest BCUT2D eigenvalue weighted by molar-refractivity contribution is -0.148. The molecule has 14 nitrogen and oxygen atoms in total. The molecule has 0 unspecified atom stereocenters. The summed E-state index contributed by atoms with van der Waals surface area (Å²) in [7, 11) is 6.71. The lowest BCUT2D eigenvalue weighted by Gasteiger charge is -2.50. The van der Waals surface area contributed by atoms with Crippen molar-refractivity contribution in [3.05, 3.63) is 56.5 Å². The van der Waals surface area contributed by atoms with E-state index in [1.54, 1.807) is 46.1 Å². The monoisotopic (exact) mass is 641 g/mol. The fourth-order valence-electron chi connectivity index (χ4n) is 6.71. The number of allylic oxidation sites excluding steroid dienone is 1. The number of anilines is 2. The van der Waals surface area contributed by atoms with Gasteiger partial charge in [-0.15, -0.1) is 11.3 Å². The molecular formula is C30H35N5O9S. The molecule has 240 valence electrons. The summed E-state index contributed by atoms with van der Waals surface area (Å²) in [5.74, 6) is -7.62. The average Bonchev–Trinajstić information content (AvgIpc) is 3.43. The number of phenolic OH excluding ortho intramolecular Hbond substituents is 1. The molecule has 1 aromatic carbocycles. The van der Waals surface area contributed by atoms with Crippen molar-refractivity contribution in [3.8, 4) is 5.75 Å². The molecule has 15 heteroatoms. The van der Waals surface area contributed by atoms with E-state index >= 15 is 0 Å². The minimum absolute atomic E-state index is 0.00442. The van der Waals surface area contributed by atoms with Gasteiger partial charge in [0.1, 0.15) is 22.8 Å². The van der Waals surface area contributed by atoms with Crippen LogP contribution in [0.3, 0.4) is 0 Å². The van der Waals surface area contributed by atoms with Crippen LogP contribution in [0, 0.1) is 11.8 Å². The molecule has 0 aliphatic heterocycles. The number of thiazole rings is 1. The summed E-state index contributed by atoms with van der Waals surface area (Å²) >= 11 is 1.16. The lowest BCUT2D eigenvalue weighted by atomic mass is 9.58.